The summed E-state index contributed by atoms with van der Waals surface area (Å²) in [5.41, 5.74) is 2.33. The number of nitrogens with one attached hydrogen (secondary N) is 1. The van der Waals surface area contributed by atoms with E-state index in [1.54, 1.807) is 24.3 Å². The van der Waals surface area contributed by atoms with Crippen molar-refractivity contribution in [1.82, 2.24) is 4.98 Å². The Morgan fingerprint density at radius 3 is 2.86 bits per heavy atom. The van der Waals surface area contributed by atoms with Gasteiger partial charge in [0.15, 0.2) is 0 Å². The number of ether oxygens (including phenoxy) is 1. The molecule has 0 atom stereocenters. The SMILES string of the molecule is O=C(CCCc1ccc2cc[nH]c2c1)Oc1ccccc1Cl. The summed E-state index contributed by atoms with van der Waals surface area (Å²) in [5, 5.41) is 1.65. The second-order valence-electron chi connectivity index (χ2n) is 5.16. The van der Waals surface area contributed by atoms with E-state index in [1.807, 2.05) is 12.3 Å². The number of benzene rings is 2. The number of rotatable bonds is 5. The van der Waals surface area contributed by atoms with Crippen molar-refractivity contribution >= 4 is 28.5 Å². The lowest BCUT2D eigenvalue weighted by Crippen LogP contribution is -2.08. The summed E-state index contributed by atoms with van der Waals surface area (Å²) < 4.78 is 5.26. The number of carbonyl (C=O) groups is 1. The first-order valence-corrected chi connectivity index (χ1v) is 7.61. The quantitative estimate of drug-likeness (QED) is 0.545. The van der Waals surface area contributed by atoms with E-state index in [0.29, 0.717) is 17.2 Å². The molecule has 22 heavy (non-hydrogen) atoms. The van der Waals surface area contributed by atoms with Gasteiger partial charge in [-0.05, 0) is 48.1 Å². The van der Waals surface area contributed by atoms with Crippen molar-refractivity contribution in [2.75, 3.05) is 0 Å². The molecule has 1 aromatic heterocycles. The number of esters is 1. The molecular weight excluding hydrogens is 298 g/mol. The Kier molecular flexibility index (Phi) is 4.45. The number of halogens is 1. The van der Waals surface area contributed by atoms with Crippen molar-refractivity contribution in [2.24, 2.45) is 0 Å². The summed E-state index contributed by atoms with van der Waals surface area (Å²) in [4.78, 5) is 15.0. The Morgan fingerprint density at radius 1 is 1.14 bits per heavy atom. The van der Waals surface area contributed by atoms with Gasteiger partial charge in [0, 0.05) is 18.1 Å². The smallest absolute Gasteiger partial charge is 0.311 e. The molecule has 112 valence electrons. The number of H-pyrrole nitrogens is 1. The summed E-state index contributed by atoms with van der Waals surface area (Å²) in [7, 11) is 0. The van der Waals surface area contributed by atoms with Gasteiger partial charge in [-0.15, -0.1) is 0 Å². The van der Waals surface area contributed by atoms with E-state index in [4.69, 9.17) is 16.3 Å². The van der Waals surface area contributed by atoms with E-state index in [-0.39, 0.29) is 5.97 Å². The standard InChI is InChI=1S/C18H16ClNO2/c19-15-5-1-2-6-17(15)22-18(21)7-3-4-13-8-9-14-10-11-20-16(14)12-13/h1-2,5-6,8-12,20H,3-4,7H2. The molecule has 0 aliphatic heterocycles. The number of aromatic amines is 1. The van der Waals surface area contributed by atoms with E-state index in [0.717, 1.165) is 18.4 Å². The molecule has 0 bridgehead atoms. The van der Waals surface area contributed by atoms with E-state index >= 15 is 0 Å². The first-order chi connectivity index (χ1) is 10.7. The molecule has 4 heteroatoms. The lowest BCUT2D eigenvalue weighted by atomic mass is 10.1. The third-order valence-corrected chi connectivity index (χ3v) is 3.84. The Morgan fingerprint density at radius 2 is 2.00 bits per heavy atom. The molecule has 0 radical (unpaired) electrons. The van der Waals surface area contributed by atoms with Gasteiger partial charge < -0.3 is 9.72 Å². The minimum absolute atomic E-state index is 0.256. The highest BCUT2D eigenvalue weighted by molar-refractivity contribution is 6.32. The first kappa shape index (κ1) is 14.7. The van der Waals surface area contributed by atoms with Crippen LogP contribution in [-0.2, 0) is 11.2 Å². The molecule has 3 aromatic rings. The van der Waals surface area contributed by atoms with Crippen molar-refractivity contribution in [1.29, 1.82) is 0 Å². The fraction of sp³-hybridized carbons (Fsp3) is 0.167. The third kappa shape index (κ3) is 3.49. The van der Waals surface area contributed by atoms with Crippen molar-refractivity contribution in [2.45, 2.75) is 19.3 Å². The van der Waals surface area contributed by atoms with Crippen molar-refractivity contribution in [3.63, 3.8) is 0 Å². The Balaban J connectivity index is 1.52. The minimum atomic E-state index is -0.256. The number of fused-ring (bicyclic) bond motifs is 1. The van der Waals surface area contributed by atoms with Crippen molar-refractivity contribution in [3.8, 4) is 5.75 Å². The molecule has 0 spiro atoms. The van der Waals surface area contributed by atoms with Gasteiger partial charge in [0.05, 0.1) is 5.02 Å². The van der Waals surface area contributed by atoms with E-state index in [2.05, 4.69) is 23.2 Å². The number of hydrogen-bond donors (Lipinski definition) is 1. The highest BCUT2D eigenvalue weighted by atomic mass is 35.5. The summed E-state index contributed by atoms with van der Waals surface area (Å²) in [5.74, 6) is 0.163. The molecule has 3 rings (SSSR count). The van der Waals surface area contributed by atoms with Crippen molar-refractivity contribution < 1.29 is 9.53 Å². The van der Waals surface area contributed by atoms with Gasteiger partial charge in [0.1, 0.15) is 5.75 Å². The molecule has 3 nitrogen and oxygen atoms in total. The average Bonchev–Trinajstić information content (AvgIpc) is 2.97. The molecule has 0 aliphatic rings. The van der Waals surface area contributed by atoms with Crippen LogP contribution in [0.25, 0.3) is 10.9 Å². The fourth-order valence-electron chi connectivity index (χ4n) is 2.39. The Bertz CT molecular complexity index is 794. The van der Waals surface area contributed by atoms with Crippen LogP contribution in [-0.4, -0.2) is 11.0 Å². The second kappa shape index (κ2) is 6.67. The molecule has 2 aromatic carbocycles. The van der Waals surface area contributed by atoms with Crippen LogP contribution in [0.5, 0.6) is 5.75 Å². The van der Waals surface area contributed by atoms with Crippen LogP contribution < -0.4 is 4.74 Å². The van der Waals surface area contributed by atoms with Crippen LogP contribution in [0, 0.1) is 0 Å². The van der Waals surface area contributed by atoms with Gasteiger partial charge >= 0.3 is 5.97 Å². The lowest BCUT2D eigenvalue weighted by molar-refractivity contribution is -0.134. The predicted molar refractivity (Wildman–Crippen MR) is 88.3 cm³/mol. The largest absolute Gasteiger partial charge is 0.425 e. The molecule has 0 aliphatic carbocycles. The number of hydrogen-bond acceptors (Lipinski definition) is 2. The van der Waals surface area contributed by atoms with Crippen LogP contribution in [0.4, 0.5) is 0 Å². The number of para-hydroxylation sites is 1. The third-order valence-electron chi connectivity index (χ3n) is 3.53. The monoisotopic (exact) mass is 313 g/mol. The van der Waals surface area contributed by atoms with Crippen LogP contribution in [0.3, 0.4) is 0 Å². The zero-order valence-electron chi connectivity index (χ0n) is 12.0. The number of aromatic nitrogens is 1. The average molecular weight is 314 g/mol. The Labute approximate surface area is 133 Å². The van der Waals surface area contributed by atoms with Gasteiger partial charge in [-0.1, -0.05) is 35.9 Å². The van der Waals surface area contributed by atoms with E-state index in [9.17, 15) is 4.79 Å². The molecule has 0 amide bonds. The van der Waals surface area contributed by atoms with Crippen molar-refractivity contribution in [3.05, 3.63) is 65.3 Å². The first-order valence-electron chi connectivity index (χ1n) is 7.23. The molecule has 0 fully saturated rings. The summed E-state index contributed by atoms with van der Waals surface area (Å²) >= 11 is 5.96. The van der Waals surface area contributed by atoms with Crippen LogP contribution in [0.2, 0.25) is 5.02 Å². The molecule has 0 saturated heterocycles. The topological polar surface area (TPSA) is 42.1 Å². The maximum absolute atomic E-state index is 11.8. The molecule has 0 unspecified atom stereocenters. The Hall–Kier alpha value is -2.26. The second-order valence-corrected chi connectivity index (χ2v) is 5.56. The molecule has 1 N–H and O–H groups in total. The van der Waals surface area contributed by atoms with Gasteiger partial charge in [-0.2, -0.15) is 0 Å². The highest BCUT2D eigenvalue weighted by Gasteiger charge is 2.08. The summed E-state index contributed by atoms with van der Waals surface area (Å²) in [6.45, 7) is 0. The highest BCUT2D eigenvalue weighted by Crippen LogP contribution is 2.23. The maximum atomic E-state index is 11.8. The number of carbonyl (C=O) groups excluding carboxylic acids is 1. The molecule has 1 heterocycles. The van der Waals surface area contributed by atoms with Gasteiger partial charge in [-0.25, -0.2) is 0 Å². The summed E-state index contributed by atoms with van der Waals surface area (Å²) in [6.07, 6.45) is 3.88. The van der Waals surface area contributed by atoms with Crippen LogP contribution in [0.1, 0.15) is 18.4 Å². The minimum Gasteiger partial charge on any atom is -0.425 e. The van der Waals surface area contributed by atoms with Gasteiger partial charge in [0.2, 0.25) is 0 Å². The fourth-order valence-corrected chi connectivity index (χ4v) is 2.56. The van der Waals surface area contributed by atoms with Gasteiger partial charge in [0.25, 0.3) is 0 Å². The van der Waals surface area contributed by atoms with Gasteiger partial charge in [-0.3, -0.25) is 4.79 Å². The number of aryl methyl sites for hydroxylation is 1. The zero-order chi connectivity index (χ0) is 15.4. The molecular formula is C18H16ClNO2. The maximum Gasteiger partial charge on any atom is 0.311 e. The normalized spacial score (nSPS) is 10.8. The van der Waals surface area contributed by atoms with Crippen LogP contribution in [0.15, 0.2) is 54.7 Å². The van der Waals surface area contributed by atoms with E-state index in [1.165, 1.54) is 10.9 Å². The van der Waals surface area contributed by atoms with Crippen LogP contribution >= 0.6 is 11.6 Å². The summed E-state index contributed by atoms with van der Waals surface area (Å²) in [6, 6.07) is 15.3. The van der Waals surface area contributed by atoms with E-state index < -0.39 is 0 Å². The zero-order valence-corrected chi connectivity index (χ0v) is 12.8. The predicted octanol–water partition coefficient (Wildman–Crippen LogP) is 4.75. The molecule has 0 saturated carbocycles. The lowest BCUT2D eigenvalue weighted by Gasteiger charge is -2.06.